The number of aliphatic hydroxyl groups excluding tert-OH is 1. The molecule has 6 atom stereocenters. The second-order valence-corrected chi connectivity index (χ2v) is 8.36. The smallest absolute Gasteiger partial charge is 0.306 e. The molecule has 0 aromatic heterocycles. The maximum absolute atomic E-state index is 12.1. The van der Waals surface area contributed by atoms with E-state index in [1.54, 1.807) is 0 Å². The Bertz CT molecular complexity index is 410. The first-order valence-electron chi connectivity index (χ1n) is 10.9. The first-order chi connectivity index (χ1) is 12.8. The van der Waals surface area contributed by atoms with Crippen LogP contribution < -0.4 is 0 Å². The summed E-state index contributed by atoms with van der Waals surface area (Å²) in [6.07, 6.45) is 5.29. The molecule has 1 aliphatic heterocycles. The summed E-state index contributed by atoms with van der Waals surface area (Å²) in [5.74, 6) is 0.909. The van der Waals surface area contributed by atoms with Gasteiger partial charge in [-0.25, -0.2) is 0 Å². The molecule has 1 fully saturated rings. The Morgan fingerprint density at radius 1 is 1.11 bits per heavy atom. The number of esters is 1. The third-order valence-electron chi connectivity index (χ3n) is 5.98. The van der Waals surface area contributed by atoms with Gasteiger partial charge in [0, 0.05) is 12.3 Å². The molecular weight excluding hydrogens is 344 g/mol. The van der Waals surface area contributed by atoms with E-state index in [0.717, 1.165) is 32.1 Å². The quantitative estimate of drug-likeness (QED) is 0.493. The minimum Gasteiger partial charge on any atom is -0.465 e. The van der Waals surface area contributed by atoms with Gasteiger partial charge in [0.05, 0.1) is 24.9 Å². The van der Waals surface area contributed by atoms with Gasteiger partial charge < -0.3 is 19.3 Å². The van der Waals surface area contributed by atoms with E-state index in [2.05, 4.69) is 34.6 Å². The first-order valence-corrected chi connectivity index (χ1v) is 10.9. The summed E-state index contributed by atoms with van der Waals surface area (Å²) in [7, 11) is 0. The van der Waals surface area contributed by atoms with E-state index >= 15 is 0 Å². The summed E-state index contributed by atoms with van der Waals surface area (Å²) >= 11 is 0. The molecule has 5 nitrogen and oxygen atoms in total. The summed E-state index contributed by atoms with van der Waals surface area (Å²) in [5, 5.41) is 9.88. The minimum absolute atomic E-state index is 0.0644. The van der Waals surface area contributed by atoms with Crippen LogP contribution in [0.5, 0.6) is 0 Å². The van der Waals surface area contributed by atoms with Crippen molar-refractivity contribution in [1.82, 2.24) is 0 Å². The lowest BCUT2D eigenvalue weighted by Gasteiger charge is -2.37. The summed E-state index contributed by atoms with van der Waals surface area (Å²) in [4.78, 5) is 12.1. The fourth-order valence-electron chi connectivity index (χ4n) is 3.53. The van der Waals surface area contributed by atoms with Gasteiger partial charge in [-0.15, -0.1) is 0 Å². The summed E-state index contributed by atoms with van der Waals surface area (Å²) in [6, 6.07) is 0. The third kappa shape index (κ3) is 8.93. The van der Waals surface area contributed by atoms with Gasteiger partial charge in [-0.3, -0.25) is 4.79 Å². The summed E-state index contributed by atoms with van der Waals surface area (Å²) in [5.41, 5.74) is 0. The molecule has 1 rings (SSSR count). The highest BCUT2D eigenvalue weighted by Crippen LogP contribution is 2.28. The van der Waals surface area contributed by atoms with E-state index < -0.39 is 6.10 Å². The lowest BCUT2D eigenvalue weighted by Crippen LogP contribution is -2.44. The molecule has 5 heteroatoms. The average molecular weight is 387 g/mol. The van der Waals surface area contributed by atoms with Crippen LogP contribution in [0.4, 0.5) is 0 Å². The van der Waals surface area contributed by atoms with Crippen molar-refractivity contribution in [2.24, 2.45) is 17.8 Å². The zero-order valence-electron chi connectivity index (χ0n) is 18.3. The van der Waals surface area contributed by atoms with Crippen molar-refractivity contribution in [1.29, 1.82) is 0 Å². The molecule has 1 N–H and O–H groups in total. The molecule has 1 heterocycles. The fourth-order valence-corrected chi connectivity index (χ4v) is 3.53. The molecule has 0 aliphatic carbocycles. The Morgan fingerprint density at radius 2 is 1.74 bits per heavy atom. The van der Waals surface area contributed by atoms with Crippen molar-refractivity contribution in [3.8, 4) is 0 Å². The number of rotatable bonds is 12. The van der Waals surface area contributed by atoms with Crippen LogP contribution in [0.1, 0.15) is 86.5 Å². The van der Waals surface area contributed by atoms with Crippen LogP contribution in [0.2, 0.25) is 0 Å². The number of carbonyl (C=O) groups excluding carboxylic acids is 1. The second kappa shape index (κ2) is 12.7. The van der Waals surface area contributed by atoms with Gasteiger partial charge in [0.2, 0.25) is 0 Å². The minimum atomic E-state index is -0.411. The van der Waals surface area contributed by atoms with Gasteiger partial charge in [0.1, 0.15) is 0 Å². The zero-order valence-corrected chi connectivity index (χ0v) is 18.3. The molecule has 27 heavy (non-hydrogen) atoms. The molecular formula is C22H42O5. The SMILES string of the molecule is CCC(CC)COC(=O)C[C@H](CC)CC[C@@H](C)O[C@@H]1O[C@@H](C)[C@H](O)C[C@H]1C. The molecule has 0 saturated carbocycles. The van der Waals surface area contributed by atoms with Crippen LogP contribution in [-0.4, -0.2) is 42.3 Å². The molecule has 0 aromatic rings. The fraction of sp³-hybridized carbons (Fsp3) is 0.955. The zero-order chi connectivity index (χ0) is 20.4. The number of ether oxygens (including phenoxy) is 3. The summed E-state index contributed by atoms with van der Waals surface area (Å²) in [6.45, 7) is 12.9. The van der Waals surface area contributed by atoms with Gasteiger partial charge in [0.15, 0.2) is 6.29 Å². The number of hydrogen-bond donors (Lipinski definition) is 1. The molecule has 0 unspecified atom stereocenters. The largest absolute Gasteiger partial charge is 0.465 e. The van der Waals surface area contributed by atoms with E-state index in [1.165, 1.54) is 0 Å². The average Bonchev–Trinajstić information content (AvgIpc) is 2.63. The molecule has 1 saturated heterocycles. The second-order valence-electron chi connectivity index (χ2n) is 8.36. The standard InChI is InChI=1S/C22H42O5/c1-7-18(8-2)14-25-21(24)13-19(9-3)11-10-16(5)26-22-15(4)12-20(23)17(6)27-22/h15-20,22-23H,7-14H2,1-6H3/t15-,16-,17+,19-,20-,22-/m1/s1. The Balaban J connectivity index is 2.33. The highest BCUT2D eigenvalue weighted by atomic mass is 16.7. The lowest BCUT2D eigenvalue weighted by atomic mass is 9.94. The summed E-state index contributed by atoms with van der Waals surface area (Å²) < 4.78 is 17.4. The molecule has 0 spiro atoms. The first kappa shape index (κ1) is 24.4. The van der Waals surface area contributed by atoms with Crippen LogP contribution in [0.15, 0.2) is 0 Å². The molecule has 0 bridgehead atoms. The predicted molar refractivity (Wildman–Crippen MR) is 107 cm³/mol. The molecule has 160 valence electrons. The van der Waals surface area contributed by atoms with E-state index in [9.17, 15) is 9.90 Å². The third-order valence-corrected chi connectivity index (χ3v) is 5.98. The van der Waals surface area contributed by atoms with Crippen molar-refractivity contribution in [3.63, 3.8) is 0 Å². The van der Waals surface area contributed by atoms with Gasteiger partial charge in [-0.2, -0.15) is 0 Å². The number of aliphatic hydroxyl groups is 1. The van der Waals surface area contributed by atoms with E-state index in [1.807, 2.05) is 6.92 Å². The monoisotopic (exact) mass is 386 g/mol. The van der Waals surface area contributed by atoms with Crippen LogP contribution in [0.25, 0.3) is 0 Å². The van der Waals surface area contributed by atoms with Crippen molar-refractivity contribution < 1.29 is 24.1 Å². The highest BCUT2D eigenvalue weighted by Gasteiger charge is 2.33. The Kier molecular flexibility index (Phi) is 11.5. The van der Waals surface area contributed by atoms with Gasteiger partial charge in [-0.1, -0.05) is 47.0 Å². The maximum atomic E-state index is 12.1. The van der Waals surface area contributed by atoms with Gasteiger partial charge >= 0.3 is 5.97 Å². The van der Waals surface area contributed by atoms with E-state index in [4.69, 9.17) is 14.2 Å². The number of carbonyl (C=O) groups is 1. The van der Waals surface area contributed by atoms with Crippen molar-refractivity contribution >= 4 is 5.97 Å². The molecule has 0 amide bonds. The van der Waals surface area contributed by atoms with Gasteiger partial charge in [-0.05, 0) is 44.9 Å². The molecule has 0 radical (unpaired) electrons. The van der Waals surface area contributed by atoms with E-state index in [0.29, 0.717) is 31.3 Å². The molecule has 1 aliphatic rings. The Labute approximate surface area is 166 Å². The van der Waals surface area contributed by atoms with Crippen LogP contribution in [0.3, 0.4) is 0 Å². The van der Waals surface area contributed by atoms with E-state index in [-0.39, 0.29) is 30.4 Å². The normalized spacial score (nSPS) is 28.1. The Hall–Kier alpha value is -0.650. The van der Waals surface area contributed by atoms with Crippen LogP contribution in [-0.2, 0) is 19.0 Å². The van der Waals surface area contributed by atoms with Crippen LogP contribution >= 0.6 is 0 Å². The Morgan fingerprint density at radius 3 is 2.33 bits per heavy atom. The lowest BCUT2D eigenvalue weighted by molar-refractivity contribution is -0.255. The highest BCUT2D eigenvalue weighted by molar-refractivity contribution is 5.69. The topological polar surface area (TPSA) is 65.0 Å². The van der Waals surface area contributed by atoms with Crippen LogP contribution in [0, 0.1) is 17.8 Å². The van der Waals surface area contributed by atoms with Crippen molar-refractivity contribution in [2.75, 3.05) is 6.61 Å². The number of hydrogen-bond acceptors (Lipinski definition) is 5. The van der Waals surface area contributed by atoms with Crippen molar-refractivity contribution in [2.45, 2.75) is 111 Å². The van der Waals surface area contributed by atoms with Crippen molar-refractivity contribution in [3.05, 3.63) is 0 Å². The molecule has 0 aromatic carbocycles. The predicted octanol–water partition coefficient (Wildman–Crippen LogP) is 4.70. The van der Waals surface area contributed by atoms with Gasteiger partial charge in [0.25, 0.3) is 0 Å². The maximum Gasteiger partial charge on any atom is 0.306 e.